The van der Waals surface area contributed by atoms with Crippen molar-refractivity contribution in [3.63, 3.8) is 0 Å². The molecule has 2 heterocycles. The van der Waals surface area contributed by atoms with Crippen molar-refractivity contribution in [3.05, 3.63) is 64.9 Å². The first kappa shape index (κ1) is 23.8. The SMILES string of the molecule is COc1cc(C)c(CC(=O)NNC(=O)c2ccc(-n3cnc(C)c3)c(OC)n2)cc1C(C)C. The lowest BCUT2D eigenvalue weighted by molar-refractivity contribution is -0.121. The first-order valence-corrected chi connectivity index (χ1v) is 10.6. The van der Waals surface area contributed by atoms with Gasteiger partial charge in [0, 0.05) is 6.20 Å². The summed E-state index contributed by atoms with van der Waals surface area (Å²) in [6.45, 7) is 7.93. The molecule has 0 bridgehead atoms. The molecule has 1 aromatic carbocycles. The second kappa shape index (κ2) is 10.2. The van der Waals surface area contributed by atoms with Crippen molar-refractivity contribution in [2.45, 2.75) is 40.0 Å². The number of aryl methyl sites for hydroxylation is 2. The van der Waals surface area contributed by atoms with Crippen molar-refractivity contribution in [1.82, 2.24) is 25.4 Å². The van der Waals surface area contributed by atoms with E-state index in [9.17, 15) is 9.59 Å². The smallest absolute Gasteiger partial charge is 0.288 e. The Morgan fingerprint density at radius 2 is 1.85 bits per heavy atom. The summed E-state index contributed by atoms with van der Waals surface area (Å²) in [6.07, 6.45) is 3.58. The zero-order valence-corrected chi connectivity index (χ0v) is 19.7. The molecule has 0 unspecified atom stereocenters. The minimum Gasteiger partial charge on any atom is -0.496 e. The number of rotatable bonds is 7. The lowest BCUT2D eigenvalue weighted by atomic mass is 9.95. The number of amides is 2. The Morgan fingerprint density at radius 3 is 2.45 bits per heavy atom. The summed E-state index contributed by atoms with van der Waals surface area (Å²) in [4.78, 5) is 33.5. The number of imidazole rings is 1. The van der Waals surface area contributed by atoms with Gasteiger partial charge in [0.2, 0.25) is 11.8 Å². The number of carbonyl (C=O) groups is 2. The summed E-state index contributed by atoms with van der Waals surface area (Å²) in [6, 6.07) is 7.16. The van der Waals surface area contributed by atoms with Crippen LogP contribution in [0, 0.1) is 13.8 Å². The molecule has 0 aliphatic carbocycles. The highest BCUT2D eigenvalue weighted by Gasteiger charge is 2.16. The number of benzene rings is 1. The van der Waals surface area contributed by atoms with Crippen LogP contribution in [0.15, 0.2) is 36.8 Å². The number of hydrogen-bond acceptors (Lipinski definition) is 6. The topological polar surface area (TPSA) is 107 Å². The molecule has 0 spiro atoms. The fraction of sp³-hybridized carbons (Fsp3) is 0.333. The summed E-state index contributed by atoms with van der Waals surface area (Å²) in [5.41, 5.74) is 9.30. The van der Waals surface area contributed by atoms with E-state index >= 15 is 0 Å². The molecule has 2 aromatic heterocycles. The molecule has 9 nitrogen and oxygen atoms in total. The third-order valence-electron chi connectivity index (χ3n) is 5.23. The maximum Gasteiger partial charge on any atom is 0.288 e. The molecular formula is C24H29N5O4. The van der Waals surface area contributed by atoms with Crippen LogP contribution in [-0.4, -0.2) is 40.6 Å². The van der Waals surface area contributed by atoms with Gasteiger partial charge in [0.05, 0.1) is 32.7 Å². The third kappa shape index (κ3) is 5.49. The maximum atomic E-state index is 12.5. The van der Waals surface area contributed by atoms with E-state index in [1.54, 1.807) is 30.1 Å². The third-order valence-corrected chi connectivity index (χ3v) is 5.23. The van der Waals surface area contributed by atoms with Gasteiger partial charge in [-0.1, -0.05) is 19.9 Å². The number of nitrogens with zero attached hydrogens (tertiary/aromatic N) is 3. The van der Waals surface area contributed by atoms with Crippen molar-refractivity contribution in [2.24, 2.45) is 0 Å². The Bertz CT molecular complexity index is 1170. The lowest BCUT2D eigenvalue weighted by Gasteiger charge is -2.16. The van der Waals surface area contributed by atoms with E-state index in [2.05, 4.69) is 34.7 Å². The van der Waals surface area contributed by atoms with E-state index in [0.717, 1.165) is 28.1 Å². The van der Waals surface area contributed by atoms with Gasteiger partial charge in [-0.05, 0) is 54.7 Å². The number of pyridine rings is 1. The van der Waals surface area contributed by atoms with Gasteiger partial charge < -0.3 is 14.0 Å². The first-order chi connectivity index (χ1) is 15.7. The van der Waals surface area contributed by atoms with Crippen molar-refractivity contribution < 1.29 is 19.1 Å². The van der Waals surface area contributed by atoms with Gasteiger partial charge in [-0.25, -0.2) is 9.97 Å². The summed E-state index contributed by atoms with van der Waals surface area (Å²) in [5.74, 6) is 0.418. The number of ether oxygens (including phenoxy) is 2. The average molecular weight is 452 g/mol. The molecule has 0 fully saturated rings. The lowest BCUT2D eigenvalue weighted by Crippen LogP contribution is -2.42. The molecule has 0 aliphatic heterocycles. The van der Waals surface area contributed by atoms with Gasteiger partial charge in [-0.15, -0.1) is 0 Å². The van der Waals surface area contributed by atoms with E-state index in [0.29, 0.717) is 5.69 Å². The number of carbonyl (C=O) groups excluding carboxylic acids is 2. The van der Waals surface area contributed by atoms with Crippen molar-refractivity contribution >= 4 is 11.8 Å². The van der Waals surface area contributed by atoms with Crippen LogP contribution >= 0.6 is 0 Å². The minimum atomic E-state index is -0.552. The van der Waals surface area contributed by atoms with E-state index in [-0.39, 0.29) is 29.8 Å². The zero-order valence-electron chi connectivity index (χ0n) is 19.7. The number of hydrogen-bond donors (Lipinski definition) is 2. The summed E-state index contributed by atoms with van der Waals surface area (Å²) in [7, 11) is 3.11. The molecule has 0 aliphatic rings. The van der Waals surface area contributed by atoms with Crippen LogP contribution in [0.3, 0.4) is 0 Å². The molecule has 3 rings (SSSR count). The van der Waals surface area contributed by atoms with Crippen LogP contribution < -0.4 is 20.3 Å². The highest BCUT2D eigenvalue weighted by atomic mass is 16.5. The number of methoxy groups -OCH3 is 2. The molecule has 0 saturated heterocycles. The van der Waals surface area contributed by atoms with Crippen LogP contribution in [0.4, 0.5) is 0 Å². The van der Waals surface area contributed by atoms with Crippen LogP contribution in [0.25, 0.3) is 5.69 Å². The van der Waals surface area contributed by atoms with E-state index < -0.39 is 5.91 Å². The normalized spacial score (nSPS) is 10.8. The zero-order chi connectivity index (χ0) is 24.1. The molecule has 0 radical (unpaired) electrons. The van der Waals surface area contributed by atoms with E-state index in [4.69, 9.17) is 9.47 Å². The van der Waals surface area contributed by atoms with E-state index in [1.807, 2.05) is 32.2 Å². The van der Waals surface area contributed by atoms with E-state index in [1.165, 1.54) is 7.11 Å². The summed E-state index contributed by atoms with van der Waals surface area (Å²) < 4.78 is 12.5. The van der Waals surface area contributed by atoms with Crippen LogP contribution in [0.1, 0.15) is 52.6 Å². The number of hydrazine groups is 1. The maximum absolute atomic E-state index is 12.5. The monoisotopic (exact) mass is 451 g/mol. The average Bonchev–Trinajstić information content (AvgIpc) is 3.23. The van der Waals surface area contributed by atoms with Crippen molar-refractivity contribution in [1.29, 1.82) is 0 Å². The molecular weight excluding hydrogens is 422 g/mol. The largest absolute Gasteiger partial charge is 0.496 e. The fourth-order valence-corrected chi connectivity index (χ4v) is 3.43. The standard InChI is InChI=1S/C24H29N5O4/c1-14(2)18-10-17(15(3)9-21(18)32-5)11-22(30)27-28-23(31)19-7-8-20(24(26-19)33-6)29-12-16(4)25-13-29/h7-10,12-14H,11H2,1-6H3,(H,27,30)(H,28,31). The number of aromatic nitrogens is 3. The van der Waals surface area contributed by atoms with Gasteiger partial charge in [0.15, 0.2) is 0 Å². The second-order valence-electron chi connectivity index (χ2n) is 8.00. The van der Waals surface area contributed by atoms with Gasteiger partial charge >= 0.3 is 0 Å². The van der Waals surface area contributed by atoms with Gasteiger partial charge in [-0.2, -0.15) is 0 Å². The summed E-state index contributed by atoms with van der Waals surface area (Å²) >= 11 is 0. The molecule has 174 valence electrons. The Balaban J connectivity index is 1.67. The predicted octanol–water partition coefficient (Wildman–Crippen LogP) is 3.03. The van der Waals surface area contributed by atoms with Gasteiger partial charge in [0.25, 0.3) is 5.91 Å². The van der Waals surface area contributed by atoms with Crippen LogP contribution in [-0.2, 0) is 11.2 Å². The van der Waals surface area contributed by atoms with Gasteiger partial charge in [0.1, 0.15) is 17.1 Å². The highest BCUT2D eigenvalue weighted by molar-refractivity contribution is 5.94. The second-order valence-corrected chi connectivity index (χ2v) is 8.00. The van der Waals surface area contributed by atoms with Crippen LogP contribution in [0.2, 0.25) is 0 Å². The molecule has 0 atom stereocenters. The van der Waals surface area contributed by atoms with Gasteiger partial charge in [-0.3, -0.25) is 20.4 Å². The Hall–Kier alpha value is -3.88. The minimum absolute atomic E-state index is 0.107. The van der Waals surface area contributed by atoms with Crippen LogP contribution in [0.5, 0.6) is 11.6 Å². The molecule has 2 N–H and O–H groups in total. The number of nitrogens with one attached hydrogen (secondary N) is 2. The Labute approximate surface area is 193 Å². The van der Waals surface area contributed by atoms with Crippen molar-refractivity contribution in [3.8, 4) is 17.3 Å². The quantitative estimate of drug-likeness (QED) is 0.535. The summed E-state index contributed by atoms with van der Waals surface area (Å²) in [5, 5.41) is 0. The Morgan fingerprint density at radius 1 is 1.09 bits per heavy atom. The van der Waals surface area contributed by atoms with Crippen molar-refractivity contribution in [2.75, 3.05) is 14.2 Å². The molecule has 9 heteroatoms. The molecule has 2 amide bonds. The molecule has 3 aromatic rings. The first-order valence-electron chi connectivity index (χ1n) is 10.6. The molecule has 0 saturated carbocycles. The Kier molecular flexibility index (Phi) is 7.32. The fourth-order valence-electron chi connectivity index (χ4n) is 3.43. The molecule has 33 heavy (non-hydrogen) atoms. The predicted molar refractivity (Wildman–Crippen MR) is 124 cm³/mol. The highest BCUT2D eigenvalue weighted by Crippen LogP contribution is 2.29.